The van der Waals surface area contributed by atoms with Gasteiger partial charge >= 0.3 is 5.97 Å². The predicted octanol–water partition coefficient (Wildman–Crippen LogP) is 2.03. The molecule has 0 N–H and O–H groups in total. The molecule has 15 heavy (non-hydrogen) atoms. The van der Waals surface area contributed by atoms with E-state index in [2.05, 4.69) is 6.92 Å². The zero-order valence-electron chi connectivity index (χ0n) is 8.74. The van der Waals surface area contributed by atoms with E-state index in [9.17, 15) is 4.79 Å². The number of esters is 1. The van der Waals surface area contributed by atoms with Crippen LogP contribution in [0.3, 0.4) is 0 Å². The third-order valence-corrected chi connectivity index (χ3v) is 3.38. The Bertz CT molecular complexity index is 290. The second-order valence-corrected chi connectivity index (χ2v) is 4.65. The Morgan fingerprint density at radius 1 is 1.73 bits per heavy atom. The Kier molecular flexibility index (Phi) is 3.03. The van der Waals surface area contributed by atoms with Gasteiger partial charge in [0.1, 0.15) is 6.10 Å². The van der Waals surface area contributed by atoms with Crippen molar-refractivity contribution >= 4 is 17.6 Å². The minimum atomic E-state index is -1.08. The van der Waals surface area contributed by atoms with Crippen molar-refractivity contribution in [2.24, 2.45) is 0 Å². The van der Waals surface area contributed by atoms with Gasteiger partial charge in [-0.05, 0) is 12.5 Å². The van der Waals surface area contributed by atoms with Gasteiger partial charge in [-0.3, -0.25) is 0 Å². The van der Waals surface area contributed by atoms with Crippen molar-refractivity contribution in [3.8, 4) is 0 Å². The number of carbonyl (C=O) groups is 1. The first-order valence-corrected chi connectivity index (χ1v) is 5.75. The molecule has 0 spiro atoms. The first-order valence-electron chi connectivity index (χ1n) is 5.37. The summed E-state index contributed by atoms with van der Waals surface area (Å²) < 4.78 is 10.7. The van der Waals surface area contributed by atoms with Crippen LogP contribution in [0.4, 0.5) is 0 Å². The quantitative estimate of drug-likeness (QED) is 0.321. The van der Waals surface area contributed by atoms with Crippen molar-refractivity contribution in [2.45, 2.75) is 43.3 Å². The summed E-state index contributed by atoms with van der Waals surface area (Å²) in [5, 5.41) is 0. The number of alkyl halides is 1. The van der Waals surface area contributed by atoms with Crippen LogP contribution in [0.15, 0.2) is 12.2 Å². The molecule has 0 radical (unpaired) electrons. The molecule has 0 aromatic rings. The molecule has 1 aliphatic carbocycles. The molecule has 2 aliphatic heterocycles. The summed E-state index contributed by atoms with van der Waals surface area (Å²) in [4.78, 5) is 10.5. The maximum atomic E-state index is 11.5. The van der Waals surface area contributed by atoms with Gasteiger partial charge < -0.3 is 9.47 Å². The Balaban J connectivity index is 2.02. The normalized spacial score (nSPS) is 38.1. The minimum Gasteiger partial charge on any atom is -0.456 e. The van der Waals surface area contributed by atoms with Crippen molar-refractivity contribution in [3.05, 3.63) is 12.2 Å². The molecule has 0 amide bonds. The molecular weight excluding hydrogens is 216 g/mol. The number of unbranched alkanes of at least 4 members (excludes halogenated alkanes) is 1. The van der Waals surface area contributed by atoms with E-state index in [0.717, 1.165) is 12.8 Å². The zero-order valence-corrected chi connectivity index (χ0v) is 9.50. The molecule has 3 aliphatic rings. The van der Waals surface area contributed by atoms with Crippen LogP contribution < -0.4 is 0 Å². The van der Waals surface area contributed by atoms with Crippen LogP contribution in [0.5, 0.6) is 0 Å². The lowest BCUT2D eigenvalue weighted by Gasteiger charge is -2.41. The Labute approximate surface area is 94.4 Å². The van der Waals surface area contributed by atoms with Crippen molar-refractivity contribution in [1.29, 1.82) is 0 Å². The number of rotatable bonds is 4. The molecule has 4 heteroatoms. The summed E-state index contributed by atoms with van der Waals surface area (Å²) in [7, 11) is 0. The van der Waals surface area contributed by atoms with Gasteiger partial charge in [0.15, 0.2) is 4.87 Å². The number of fused-ring (bicyclic) bond motifs is 2. The van der Waals surface area contributed by atoms with Gasteiger partial charge in [-0.2, -0.15) is 0 Å². The number of halogens is 1. The number of hydrogen-bond donors (Lipinski definition) is 0. The van der Waals surface area contributed by atoms with Crippen LogP contribution in [-0.2, 0) is 14.3 Å². The van der Waals surface area contributed by atoms with E-state index < -0.39 is 4.87 Å². The van der Waals surface area contributed by atoms with Crippen molar-refractivity contribution < 1.29 is 14.3 Å². The van der Waals surface area contributed by atoms with Gasteiger partial charge in [-0.1, -0.05) is 31.0 Å². The summed E-state index contributed by atoms with van der Waals surface area (Å²) in [6.07, 6.45) is 5.92. The summed E-state index contributed by atoms with van der Waals surface area (Å²) in [5.74, 6) is -0.371. The van der Waals surface area contributed by atoms with Crippen molar-refractivity contribution in [3.63, 3.8) is 0 Å². The van der Waals surface area contributed by atoms with Crippen LogP contribution in [0.1, 0.15) is 26.2 Å². The summed E-state index contributed by atoms with van der Waals surface area (Å²) in [6.45, 7) is 2.75. The third-order valence-electron chi connectivity index (χ3n) is 2.86. The van der Waals surface area contributed by atoms with E-state index in [1.807, 2.05) is 6.08 Å². The number of carbonyl (C=O) groups excluding carboxylic acids is 1. The van der Waals surface area contributed by atoms with Crippen LogP contribution >= 0.6 is 11.6 Å². The molecule has 3 atom stereocenters. The van der Waals surface area contributed by atoms with Crippen LogP contribution in [0, 0.1) is 0 Å². The van der Waals surface area contributed by atoms with E-state index >= 15 is 0 Å². The lowest BCUT2D eigenvalue weighted by molar-refractivity contribution is -0.165. The second kappa shape index (κ2) is 4.14. The fourth-order valence-corrected chi connectivity index (χ4v) is 2.16. The molecule has 0 aromatic heterocycles. The molecular formula is C11H15ClO3. The maximum absolute atomic E-state index is 11.5. The van der Waals surface area contributed by atoms with Crippen LogP contribution in [0.2, 0.25) is 0 Å². The first kappa shape index (κ1) is 11.0. The highest BCUT2D eigenvalue weighted by Crippen LogP contribution is 2.39. The second-order valence-electron chi connectivity index (χ2n) is 4.02. The predicted molar refractivity (Wildman–Crippen MR) is 56.9 cm³/mol. The van der Waals surface area contributed by atoms with Gasteiger partial charge in [0, 0.05) is 13.0 Å². The molecule has 84 valence electrons. The maximum Gasteiger partial charge on any atom is 0.334 e. The number of ether oxygens (including phenoxy) is 2. The molecule has 0 unspecified atom stereocenters. The monoisotopic (exact) mass is 230 g/mol. The van der Waals surface area contributed by atoms with Gasteiger partial charge in [0.25, 0.3) is 0 Å². The summed E-state index contributed by atoms with van der Waals surface area (Å²) >= 11 is 6.21. The Morgan fingerprint density at radius 3 is 3.20 bits per heavy atom. The molecule has 0 aromatic carbocycles. The molecule has 2 bridgehead atoms. The highest BCUT2D eigenvalue weighted by atomic mass is 35.5. The fraction of sp³-hybridized carbons (Fsp3) is 0.727. The van der Waals surface area contributed by atoms with Crippen molar-refractivity contribution in [2.75, 3.05) is 6.61 Å². The van der Waals surface area contributed by atoms with E-state index in [1.165, 1.54) is 0 Å². The van der Waals surface area contributed by atoms with E-state index in [0.29, 0.717) is 13.0 Å². The highest BCUT2D eigenvalue weighted by Gasteiger charge is 2.52. The van der Waals surface area contributed by atoms with Gasteiger partial charge in [0.05, 0.1) is 6.10 Å². The lowest BCUT2D eigenvalue weighted by Crippen LogP contribution is -2.55. The standard InChI is InChI=1S/C11H15ClO3/c1-2-3-6-14-9-7-8-4-5-11(9,12)10(13)15-8/h4-5,8-9H,2-3,6-7H2,1H3/t8-,9-,11-/m1/s1. The van der Waals surface area contributed by atoms with Gasteiger partial charge in [-0.25, -0.2) is 4.79 Å². The first-order chi connectivity index (χ1) is 7.16. The average molecular weight is 231 g/mol. The average Bonchev–Trinajstić information content (AvgIpc) is 2.21. The van der Waals surface area contributed by atoms with Crippen LogP contribution in [0.25, 0.3) is 0 Å². The zero-order chi connectivity index (χ0) is 10.9. The molecule has 2 heterocycles. The summed E-state index contributed by atoms with van der Waals surface area (Å²) in [6, 6.07) is 0. The largest absolute Gasteiger partial charge is 0.456 e. The SMILES string of the molecule is CCCCO[C@@H]1C[C@H]2C=C[C@]1(Cl)C(=O)O2. The molecule has 0 saturated carbocycles. The summed E-state index contributed by atoms with van der Waals surface area (Å²) in [5.41, 5.74) is 0. The van der Waals surface area contributed by atoms with Crippen LogP contribution in [-0.4, -0.2) is 29.7 Å². The third kappa shape index (κ3) is 1.91. The molecule has 3 rings (SSSR count). The highest BCUT2D eigenvalue weighted by molar-refractivity contribution is 6.36. The molecule has 1 fully saturated rings. The van der Waals surface area contributed by atoms with E-state index in [4.69, 9.17) is 21.1 Å². The Hall–Kier alpha value is -0.540. The van der Waals surface area contributed by atoms with Crippen molar-refractivity contribution in [1.82, 2.24) is 0 Å². The topological polar surface area (TPSA) is 35.5 Å². The fourth-order valence-electron chi connectivity index (χ4n) is 1.89. The van der Waals surface area contributed by atoms with Gasteiger partial charge in [0.2, 0.25) is 0 Å². The molecule has 3 nitrogen and oxygen atoms in total. The van der Waals surface area contributed by atoms with E-state index in [-0.39, 0.29) is 18.2 Å². The Morgan fingerprint density at radius 2 is 2.53 bits per heavy atom. The number of hydrogen-bond acceptors (Lipinski definition) is 3. The lowest BCUT2D eigenvalue weighted by atomic mass is 9.87. The van der Waals surface area contributed by atoms with E-state index in [1.54, 1.807) is 6.08 Å². The minimum absolute atomic E-state index is 0.148. The molecule has 1 saturated heterocycles. The smallest absolute Gasteiger partial charge is 0.334 e. The van der Waals surface area contributed by atoms with Gasteiger partial charge in [-0.15, -0.1) is 0 Å².